The molecule has 1 unspecified atom stereocenters. The zero-order chi connectivity index (χ0) is 8.69. The van der Waals surface area contributed by atoms with Crippen LogP contribution in [0.3, 0.4) is 0 Å². The van der Waals surface area contributed by atoms with Gasteiger partial charge >= 0.3 is 5.91 Å². The SMILES string of the molecule is CNC(CCCCN)C([NH3+])=O. The van der Waals surface area contributed by atoms with Gasteiger partial charge in [-0.05, 0) is 32.9 Å². The Bertz CT molecular complexity index is 116. The number of carbonyl (C=O) groups excluding carboxylic acids is 1. The molecule has 0 saturated heterocycles. The first-order valence-corrected chi connectivity index (χ1v) is 3.95. The fraction of sp³-hybridized carbons (Fsp3) is 0.857. The topological polar surface area (TPSA) is 82.8 Å². The van der Waals surface area contributed by atoms with E-state index < -0.39 is 0 Å². The third-order valence-corrected chi connectivity index (χ3v) is 1.68. The lowest BCUT2D eigenvalue weighted by Gasteiger charge is -2.07. The number of quaternary nitrogens is 1. The second-order valence-electron chi connectivity index (χ2n) is 2.59. The summed E-state index contributed by atoms with van der Waals surface area (Å²) in [5, 5.41) is 2.91. The van der Waals surface area contributed by atoms with E-state index in [0.29, 0.717) is 6.54 Å². The molecule has 0 aromatic carbocycles. The van der Waals surface area contributed by atoms with Gasteiger partial charge in [-0.3, -0.25) is 5.73 Å². The van der Waals surface area contributed by atoms with Crippen LogP contribution in [0, 0.1) is 0 Å². The highest BCUT2D eigenvalue weighted by Gasteiger charge is 2.14. The second kappa shape index (κ2) is 6.27. The van der Waals surface area contributed by atoms with Crippen molar-refractivity contribution in [2.45, 2.75) is 25.3 Å². The maximum atomic E-state index is 10.8. The van der Waals surface area contributed by atoms with E-state index in [1.165, 1.54) is 0 Å². The zero-order valence-corrected chi connectivity index (χ0v) is 7.10. The van der Waals surface area contributed by atoms with Crippen LogP contribution in [-0.2, 0) is 4.79 Å². The van der Waals surface area contributed by atoms with Gasteiger partial charge in [0.15, 0.2) is 0 Å². The quantitative estimate of drug-likeness (QED) is 0.412. The van der Waals surface area contributed by atoms with Gasteiger partial charge in [-0.1, -0.05) is 0 Å². The Morgan fingerprint density at radius 2 is 2.27 bits per heavy atom. The number of hydrogen-bond donors (Lipinski definition) is 3. The number of nitrogens with one attached hydrogen (secondary N) is 1. The average molecular weight is 160 g/mol. The lowest BCUT2D eigenvalue weighted by molar-refractivity contribution is -0.308. The molecule has 0 aliphatic heterocycles. The van der Waals surface area contributed by atoms with Gasteiger partial charge in [0.25, 0.3) is 0 Å². The van der Waals surface area contributed by atoms with E-state index in [2.05, 4.69) is 11.1 Å². The second-order valence-corrected chi connectivity index (χ2v) is 2.59. The molecule has 0 heterocycles. The van der Waals surface area contributed by atoms with Crippen molar-refractivity contribution in [2.75, 3.05) is 13.6 Å². The van der Waals surface area contributed by atoms with Crippen molar-refractivity contribution >= 4 is 5.91 Å². The van der Waals surface area contributed by atoms with Crippen LogP contribution >= 0.6 is 0 Å². The van der Waals surface area contributed by atoms with Crippen LogP contribution in [0.25, 0.3) is 0 Å². The fourth-order valence-electron chi connectivity index (χ4n) is 0.959. The summed E-state index contributed by atoms with van der Waals surface area (Å²) in [5.74, 6) is -0.0375. The number of rotatable bonds is 6. The number of hydrogen-bond acceptors (Lipinski definition) is 3. The molecule has 0 spiro atoms. The highest BCUT2D eigenvalue weighted by atomic mass is 16.1. The molecule has 0 saturated carbocycles. The molecule has 0 radical (unpaired) electrons. The summed E-state index contributed by atoms with van der Waals surface area (Å²) >= 11 is 0. The first-order chi connectivity index (χ1) is 5.22. The average Bonchev–Trinajstić information content (AvgIpc) is 1.97. The molecule has 0 aromatic heterocycles. The van der Waals surface area contributed by atoms with Gasteiger partial charge in [0.1, 0.15) is 6.04 Å². The molecule has 0 aliphatic carbocycles. The Hall–Kier alpha value is -0.450. The van der Waals surface area contributed by atoms with Gasteiger partial charge in [-0.25, -0.2) is 4.79 Å². The molecule has 66 valence electrons. The summed E-state index contributed by atoms with van der Waals surface area (Å²) in [4.78, 5) is 10.8. The van der Waals surface area contributed by atoms with Crippen molar-refractivity contribution in [3.8, 4) is 0 Å². The molecule has 4 heteroatoms. The first-order valence-electron chi connectivity index (χ1n) is 3.95. The Balaban J connectivity index is 3.44. The number of amides is 1. The van der Waals surface area contributed by atoms with Crippen LogP contribution in [0.5, 0.6) is 0 Å². The van der Waals surface area contributed by atoms with Crippen LogP contribution in [0.2, 0.25) is 0 Å². The summed E-state index contributed by atoms with van der Waals surface area (Å²) in [6.45, 7) is 0.696. The Kier molecular flexibility index (Phi) is 6.02. The van der Waals surface area contributed by atoms with Crippen molar-refractivity contribution in [3.05, 3.63) is 0 Å². The summed E-state index contributed by atoms with van der Waals surface area (Å²) < 4.78 is 0. The number of nitrogens with two attached hydrogens (primary N) is 1. The van der Waals surface area contributed by atoms with Crippen LogP contribution in [-0.4, -0.2) is 25.5 Å². The Morgan fingerprint density at radius 1 is 1.64 bits per heavy atom. The normalized spacial score (nSPS) is 13.0. The fourth-order valence-corrected chi connectivity index (χ4v) is 0.959. The summed E-state index contributed by atoms with van der Waals surface area (Å²) in [6, 6.07) is -0.0819. The third kappa shape index (κ3) is 4.89. The van der Waals surface area contributed by atoms with Crippen LogP contribution in [0.1, 0.15) is 19.3 Å². The van der Waals surface area contributed by atoms with Gasteiger partial charge in [0.05, 0.1) is 0 Å². The largest absolute Gasteiger partial charge is 0.330 e. The minimum Gasteiger partial charge on any atom is -0.330 e. The zero-order valence-electron chi connectivity index (χ0n) is 7.10. The molecule has 0 aliphatic rings. The standard InChI is InChI=1S/C7H17N3O/c1-10-6(7(9)11)4-2-3-5-8/h6,10H,2-5,8H2,1H3,(H2,9,11)/p+1. The van der Waals surface area contributed by atoms with E-state index in [9.17, 15) is 4.79 Å². The van der Waals surface area contributed by atoms with E-state index in [-0.39, 0.29) is 11.9 Å². The molecule has 0 rings (SSSR count). The monoisotopic (exact) mass is 160 g/mol. The van der Waals surface area contributed by atoms with Crippen molar-refractivity contribution in [1.82, 2.24) is 5.32 Å². The van der Waals surface area contributed by atoms with Gasteiger partial charge in [-0.15, -0.1) is 0 Å². The van der Waals surface area contributed by atoms with Gasteiger partial charge in [0.2, 0.25) is 0 Å². The molecule has 0 aromatic rings. The molecule has 0 bridgehead atoms. The van der Waals surface area contributed by atoms with E-state index in [4.69, 9.17) is 5.73 Å². The van der Waals surface area contributed by atoms with Crippen LogP contribution < -0.4 is 16.8 Å². The smallest absolute Gasteiger partial charge is 0.325 e. The van der Waals surface area contributed by atoms with Gasteiger partial charge in [0, 0.05) is 0 Å². The molecule has 1 atom stereocenters. The van der Waals surface area contributed by atoms with E-state index in [1.54, 1.807) is 7.05 Å². The molecule has 11 heavy (non-hydrogen) atoms. The van der Waals surface area contributed by atoms with E-state index in [0.717, 1.165) is 19.3 Å². The molecular weight excluding hydrogens is 142 g/mol. The number of likely N-dealkylation sites (N-methyl/N-ethyl adjacent to an activating group) is 1. The number of unbranched alkanes of at least 4 members (excludes halogenated alkanes) is 1. The van der Waals surface area contributed by atoms with Gasteiger partial charge < -0.3 is 11.1 Å². The predicted molar refractivity (Wildman–Crippen MR) is 43.6 cm³/mol. The van der Waals surface area contributed by atoms with E-state index in [1.807, 2.05) is 0 Å². The lowest BCUT2D eigenvalue weighted by atomic mass is 10.1. The van der Waals surface area contributed by atoms with Crippen molar-refractivity contribution in [1.29, 1.82) is 0 Å². The maximum Gasteiger partial charge on any atom is 0.325 e. The first kappa shape index (κ1) is 10.6. The van der Waals surface area contributed by atoms with Crippen molar-refractivity contribution in [3.63, 3.8) is 0 Å². The minimum absolute atomic E-state index is 0.0375. The highest BCUT2D eigenvalue weighted by molar-refractivity contribution is 5.70. The van der Waals surface area contributed by atoms with Crippen LogP contribution in [0.4, 0.5) is 0 Å². The molecule has 0 fully saturated rings. The summed E-state index contributed by atoms with van der Waals surface area (Å²) in [6.07, 6.45) is 2.81. The lowest BCUT2D eigenvalue weighted by Crippen LogP contribution is -2.65. The predicted octanol–water partition coefficient (Wildman–Crippen LogP) is -1.53. The Morgan fingerprint density at radius 3 is 2.64 bits per heavy atom. The molecular formula is C7H18N3O+. The van der Waals surface area contributed by atoms with E-state index >= 15 is 0 Å². The van der Waals surface area contributed by atoms with Crippen LogP contribution in [0.15, 0.2) is 0 Å². The van der Waals surface area contributed by atoms with Gasteiger partial charge in [-0.2, -0.15) is 0 Å². The van der Waals surface area contributed by atoms with Crippen molar-refractivity contribution < 1.29 is 10.5 Å². The number of carbonyl (C=O) groups is 1. The third-order valence-electron chi connectivity index (χ3n) is 1.68. The molecule has 6 N–H and O–H groups in total. The minimum atomic E-state index is -0.0819. The molecule has 4 nitrogen and oxygen atoms in total. The summed E-state index contributed by atoms with van der Waals surface area (Å²) in [5.41, 5.74) is 8.67. The Labute approximate surface area is 67.3 Å². The van der Waals surface area contributed by atoms with Crippen molar-refractivity contribution in [2.24, 2.45) is 5.73 Å². The maximum absolute atomic E-state index is 10.8. The molecule has 1 amide bonds. The highest BCUT2D eigenvalue weighted by Crippen LogP contribution is 1.97. The summed E-state index contributed by atoms with van der Waals surface area (Å²) in [7, 11) is 1.77.